The van der Waals surface area contributed by atoms with Gasteiger partial charge >= 0.3 is 5.97 Å². The number of hydrogen-bond donors (Lipinski definition) is 0. The quantitative estimate of drug-likeness (QED) is 0.434. The lowest BCUT2D eigenvalue weighted by Crippen LogP contribution is -2.01. The molecule has 0 amide bonds. The monoisotopic (exact) mass is 371 g/mol. The minimum atomic E-state index is -0.639. The molecule has 0 N–H and O–H groups in total. The summed E-state index contributed by atoms with van der Waals surface area (Å²) in [7, 11) is 0. The molecule has 0 unspecified atom stereocenters. The molecular weight excluding hydrogens is 365 g/mol. The van der Waals surface area contributed by atoms with Gasteiger partial charge in [-0.1, -0.05) is 56.4 Å². The van der Waals surface area contributed by atoms with E-state index >= 15 is 0 Å². The zero-order valence-electron chi connectivity index (χ0n) is 10.0. The smallest absolute Gasteiger partial charge is 0.313 e. The van der Waals surface area contributed by atoms with Gasteiger partial charge in [-0.3, -0.25) is 0 Å². The van der Waals surface area contributed by atoms with E-state index < -0.39 is 5.97 Å². The van der Waals surface area contributed by atoms with Crippen LogP contribution in [0.4, 0.5) is 0 Å². The highest BCUT2D eigenvalue weighted by atomic mass is 79.9. The molecule has 0 fully saturated rings. The van der Waals surface area contributed by atoms with Crippen LogP contribution in [-0.2, 0) is 4.84 Å². The molecule has 0 atom stereocenters. The van der Waals surface area contributed by atoms with Crippen molar-refractivity contribution in [3.05, 3.63) is 68.1 Å². The van der Waals surface area contributed by atoms with E-state index in [2.05, 4.69) is 21.1 Å². The van der Waals surface area contributed by atoms with Crippen LogP contribution in [0, 0.1) is 0 Å². The Kier molecular flexibility index (Phi) is 5.17. The fraction of sp³-hybridized carbons (Fsp3) is 0. The first-order valence-electron chi connectivity index (χ1n) is 5.51. The molecule has 0 saturated heterocycles. The van der Waals surface area contributed by atoms with Crippen molar-refractivity contribution in [1.82, 2.24) is 0 Å². The molecule has 0 heterocycles. The van der Waals surface area contributed by atoms with Crippen LogP contribution in [0.15, 0.2) is 52.1 Å². The second-order valence-corrected chi connectivity index (χ2v) is 5.55. The number of carbonyl (C=O) groups is 1. The lowest BCUT2D eigenvalue weighted by atomic mass is 10.2. The minimum absolute atomic E-state index is 0.212. The van der Waals surface area contributed by atoms with E-state index in [0.29, 0.717) is 5.02 Å². The predicted molar refractivity (Wildman–Crippen MR) is 83.6 cm³/mol. The molecule has 0 aliphatic rings. The number of rotatable bonds is 3. The van der Waals surface area contributed by atoms with E-state index in [0.717, 1.165) is 10.0 Å². The molecule has 2 aromatic carbocycles. The highest BCUT2D eigenvalue weighted by Gasteiger charge is 2.11. The van der Waals surface area contributed by atoms with Crippen LogP contribution in [0.1, 0.15) is 15.9 Å². The standard InChI is InChI=1S/C14H8BrCl2NO2/c15-10-3-1-9(2-4-10)8-18-20-14(19)12-6-5-11(16)7-13(12)17/h1-8H. The van der Waals surface area contributed by atoms with Gasteiger partial charge in [0.15, 0.2) is 0 Å². The lowest BCUT2D eigenvalue weighted by Gasteiger charge is -2.01. The maximum Gasteiger partial charge on any atom is 0.367 e. The third-order valence-electron chi connectivity index (χ3n) is 2.36. The van der Waals surface area contributed by atoms with E-state index in [1.165, 1.54) is 18.3 Å². The topological polar surface area (TPSA) is 38.7 Å². The normalized spacial score (nSPS) is 10.8. The number of oxime groups is 1. The number of hydrogen-bond acceptors (Lipinski definition) is 3. The SMILES string of the molecule is O=C(ON=Cc1ccc(Br)cc1)c1ccc(Cl)cc1Cl. The molecule has 6 heteroatoms. The first-order valence-corrected chi connectivity index (χ1v) is 7.06. The molecule has 20 heavy (non-hydrogen) atoms. The van der Waals surface area contributed by atoms with E-state index in [1.807, 2.05) is 24.3 Å². The van der Waals surface area contributed by atoms with Crippen molar-refractivity contribution in [2.75, 3.05) is 0 Å². The lowest BCUT2D eigenvalue weighted by molar-refractivity contribution is 0.0519. The Bertz CT molecular complexity index is 657. The zero-order valence-corrected chi connectivity index (χ0v) is 13.1. The number of halogens is 3. The Labute approximate surface area is 134 Å². The highest BCUT2D eigenvalue weighted by molar-refractivity contribution is 9.10. The van der Waals surface area contributed by atoms with Crippen molar-refractivity contribution in [2.45, 2.75) is 0 Å². The molecule has 2 rings (SSSR count). The molecule has 0 aliphatic heterocycles. The largest absolute Gasteiger partial charge is 0.367 e. The van der Waals surface area contributed by atoms with Gasteiger partial charge in [-0.15, -0.1) is 0 Å². The van der Waals surface area contributed by atoms with Gasteiger partial charge in [0.1, 0.15) is 0 Å². The van der Waals surface area contributed by atoms with Crippen molar-refractivity contribution in [3.8, 4) is 0 Å². The van der Waals surface area contributed by atoms with E-state index in [1.54, 1.807) is 6.07 Å². The highest BCUT2D eigenvalue weighted by Crippen LogP contribution is 2.21. The van der Waals surface area contributed by atoms with Gasteiger partial charge in [0.25, 0.3) is 0 Å². The molecular formula is C14H8BrCl2NO2. The molecule has 2 aromatic rings. The predicted octanol–water partition coefficient (Wildman–Crippen LogP) is 4.95. The Morgan fingerprint density at radius 2 is 1.85 bits per heavy atom. The maximum absolute atomic E-state index is 11.8. The van der Waals surface area contributed by atoms with Crippen LogP contribution in [0.5, 0.6) is 0 Å². The summed E-state index contributed by atoms with van der Waals surface area (Å²) in [6, 6.07) is 11.9. The van der Waals surface area contributed by atoms with Crippen molar-refractivity contribution in [3.63, 3.8) is 0 Å². The van der Waals surface area contributed by atoms with Gasteiger partial charge in [0, 0.05) is 9.50 Å². The van der Waals surface area contributed by atoms with Crippen LogP contribution in [0.2, 0.25) is 10.0 Å². The van der Waals surface area contributed by atoms with Crippen LogP contribution >= 0.6 is 39.1 Å². The summed E-state index contributed by atoms with van der Waals surface area (Å²) in [6.45, 7) is 0. The molecule has 0 aromatic heterocycles. The van der Waals surface area contributed by atoms with Gasteiger partial charge in [0.05, 0.1) is 16.8 Å². The minimum Gasteiger partial charge on any atom is -0.313 e. The molecule has 0 bridgehead atoms. The fourth-order valence-electron chi connectivity index (χ4n) is 1.39. The second kappa shape index (κ2) is 6.88. The third-order valence-corrected chi connectivity index (χ3v) is 3.43. The summed E-state index contributed by atoms with van der Waals surface area (Å²) < 4.78 is 0.958. The first kappa shape index (κ1) is 15.0. The average molecular weight is 373 g/mol. The summed E-state index contributed by atoms with van der Waals surface area (Å²) >= 11 is 15.0. The zero-order chi connectivity index (χ0) is 14.5. The van der Waals surface area contributed by atoms with Gasteiger partial charge < -0.3 is 4.84 Å². The van der Waals surface area contributed by atoms with E-state index in [-0.39, 0.29) is 10.6 Å². The summed E-state index contributed by atoms with van der Waals surface area (Å²) in [4.78, 5) is 16.5. The number of nitrogens with zero attached hydrogens (tertiary/aromatic N) is 1. The Hall–Kier alpha value is -1.36. The van der Waals surface area contributed by atoms with Gasteiger partial charge in [-0.05, 0) is 35.9 Å². The summed E-state index contributed by atoms with van der Waals surface area (Å²) in [5.41, 5.74) is 1.02. The Balaban J connectivity index is 2.03. The van der Waals surface area contributed by atoms with E-state index in [9.17, 15) is 4.79 Å². The van der Waals surface area contributed by atoms with Gasteiger partial charge in [-0.25, -0.2) is 4.79 Å². The van der Waals surface area contributed by atoms with Crippen LogP contribution in [0.25, 0.3) is 0 Å². The fourth-order valence-corrected chi connectivity index (χ4v) is 2.14. The van der Waals surface area contributed by atoms with Crippen LogP contribution < -0.4 is 0 Å². The molecule has 0 spiro atoms. The number of carbonyl (C=O) groups excluding carboxylic acids is 1. The van der Waals surface area contributed by atoms with Crippen LogP contribution in [-0.4, -0.2) is 12.2 Å². The number of benzene rings is 2. The molecule has 3 nitrogen and oxygen atoms in total. The van der Waals surface area contributed by atoms with E-state index in [4.69, 9.17) is 28.0 Å². The molecule has 0 radical (unpaired) electrons. The second-order valence-electron chi connectivity index (χ2n) is 3.79. The van der Waals surface area contributed by atoms with Crippen LogP contribution in [0.3, 0.4) is 0 Å². The Morgan fingerprint density at radius 3 is 2.50 bits per heavy atom. The van der Waals surface area contributed by atoms with Crippen molar-refractivity contribution in [1.29, 1.82) is 0 Å². The summed E-state index contributed by atoms with van der Waals surface area (Å²) in [5, 5.41) is 4.30. The summed E-state index contributed by atoms with van der Waals surface area (Å²) in [6.07, 6.45) is 1.44. The molecule has 102 valence electrons. The first-order chi connectivity index (χ1) is 9.56. The third kappa shape index (κ3) is 4.07. The average Bonchev–Trinajstić information content (AvgIpc) is 2.41. The van der Waals surface area contributed by atoms with Gasteiger partial charge in [0.2, 0.25) is 0 Å². The maximum atomic E-state index is 11.8. The van der Waals surface area contributed by atoms with Crippen molar-refractivity contribution < 1.29 is 9.63 Å². The Morgan fingerprint density at radius 1 is 1.15 bits per heavy atom. The van der Waals surface area contributed by atoms with Gasteiger partial charge in [-0.2, -0.15) is 0 Å². The molecule has 0 aliphatic carbocycles. The van der Waals surface area contributed by atoms with Crippen molar-refractivity contribution in [2.24, 2.45) is 5.16 Å². The summed E-state index contributed by atoms with van der Waals surface area (Å²) in [5.74, 6) is -0.639. The molecule has 0 saturated carbocycles. The van der Waals surface area contributed by atoms with Crippen molar-refractivity contribution >= 4 is 51.3 Å².